The highest BCUT2D eigenvalue weighted by molar-refractivity contribution is 7.92. The van der Waals surface area contributed by atoms with Crippen molar-refractivity contribution in [1.82, 2.24) is 4.31 Å². The lowest BCUT2D eigenvalue weighted by atomic mass is 10.2. The monoisotopic (exact) mass is 583 g/mol. The van der Waals surface area contributed by atoms with E-state index in [1.165, 1.54) is 41.7 Å². The summed E-state index contributed by atoms with van der Waals surface area (Å²) in [6, 6.07) is 6.63. The Morgan fingerprint density at radius 2 is 1.63 bits per heavy atom. The van der Waals surface area contributed by atoms with Crippen LogP contribution in [0.1, 0.15) is 19.3 Å². The number of nitrogens with zero attached hydrogens (tertiary/aromatic N) is 2. The molecule has 1 N–H and O–H groups in total. The van der Waals surface area contributed by atoms with Gasteiger partial charge in [-0.2, -0.15) is 4.31 Å². The average Bonchev–Trinajstić information content (AvgIpc) is 2.80. The first kappa shape index (κ1) is 27.8. The van der Waals surface area contributed by atoms with Crippen LogP contribution in [0.15, 0.2) is 35.2 Å². The number of carbonyl (C=O) groups is 1. The predicted molar refractivity (Wildman–Crippen MR) is 138 cm³/mol. The Hall–Kier alpha value is -1.76. The quantitative estimate of drug-likeness (QED) is 0.465. The Morgan fingerprint density at radius 1 is 1.00 bits per heavy atom. The van der Waals surface area contributed by atoms with Gasteiger partial charge in [0.2, 0.25) is 26.0 Å². The lowest BCUT2D eigenvalue weighted by molar-refractivity contribution is -0.114. The van der Waals surface area contributed by atoms with Crippen molar-refractivity contribution in [1.29, 1.82) is 0 Å². The molecule has 1 aliphatic heterocycles. The molecule has 0 bridgehead atoms. The van der Waals surface area contributed by atoms with E-state index in [1.54, 1.807) is 0 Å². The van der Waals surface area contributed by atoms with Crippen molar-refractivity contribution >= 4 is 72.1 Å². The number of benzene rings is 2. The Labute approximate surface area is 220 Å². The van der Waals surface area contributed by atoms with Gasteiger partial charge in [0.1, 0.15) is 12.3 Å². The molecule has 1 amide bonds. The van der Waals surface area contributed by atoms with Gasteiger partial charge in [-0.25, -0.2) is 16.8 Å². The summed E-state index contributed by atoms with van der Waals surface area (Å²) in [6.07, 6.45) is 3.43. The van der Waals surface area contributed by atoms with Gasteiger partial charge in [-0.05, 0) is 43.2 Å². The van der Waals surface area contributed by atoms with Crippen molar-refractivity contribution in [3.8, 4) is 5.75 Å². The minimum atomic E-state index is -3.97. The van der Waals surface area contributed by atoms with Crippen molar-refractivity contribution in [2.75, 3.05) is 42.6 Å². The molecular formula is C21H24Cl3N3O6S2. The normalized spacial score (nSPS) is 15.0. The highest BCUT2D eigenvalue weighted by atomic mass is 35.5. The second kappa shape index (κ2) is 11.1. The molecule has 9 nitrogen and oxygen atoms in total. The molecule has 192 valence electrons. The summed E-state index contributed by atoms with van der Waals surface area (Å²) in [5.41, 5.74) is 0.0383. The highest BCUT2D eigenvalue weighted by Crippen LogP contribution is 2.36. The molecule has 0 atom stereocenters. The van der Waals surface area contributed by atoms with Crippen LogP contribution in [0.3, 0.4) is 0 Å². The summed E-state index contributed by atoms with van der Waals surface area (Å²) in [5.74, 6) is -0.558. The largest absolute Gasteiger partial charge is 0.495 e. The molecular weight excluding hydrogens is 561 g/mol. The molecule has 1 saturated heterocycles. The fraction of sp³-hybridized carbons (Fsp3) is 0.381. The van der Waals surface area contributed by atoms with Crippen LogP contribution in [0.2, 0.25) is 15.1 Å². The number of piperidine rings is 1. The van der Waals surface area contributed by atoms with Crippen molar-refractivity contribution in [2.24, 2.45) is 0 Å². The zero-order chi connectivity index (χ0) is 26.0. The summed E-state index contributed by atoms with van der Waals surface area (Å²) < 4.78 is 58.5. The van der Waals surface area contributed by atoms with Gasteiger partial charge in [0.05, 0.1) is 44.7 Å². The lowest BCUT2D eigenvalue weighted by Gasteiger charge is -2.26. The van der Waals surface area contributed by atoms with Crippen LogP contribution in [0.4, 0.5) is 11.4 Å². The van der Waals surface area contributed by atoms with Gasteiger partial charge < -0.3 is 10.1 Å². The maximum absolute atomic E-state index is 13.1. The molecule has 1 heterocycles. The number of carbonyl (C=O) groups excluding carboxylic acids is 1. The molecule has 0 radical (unpaired) electrons. The third-order valence-electron chi connectivity index (χ3n) is 5.34. The third kappa shape index (κ3) is 6.52. The van der Waals surface area contributed by atoms with E-state index in [-0.39, 0.29) is 37.1 Å². The third-order valence-corrected chi connectivity index (χ3v) is 9.39. The van der Waals surface area contributed by atoms with Crippen molar-refractivity contribution in [2.45, 2.75) is 24.2 Å². The first-order chi connectivity index (χ1) is 16.3. The van der Waals surface area contributed by atoms with Crippen LogP contribution in [0.25, 0.3) is 0 Å². The van der Waals surface area contributed by atoms with Crippen LogP contribution >= 0.6 is 34.8 Å². The Bertz CT molecular complexity index is 1330. The van der Waals surface area contributed by atoms with E-state index in [1.807, 2.05) is 0 Å². The Kier molecular flexibility index (Phi) is 8.82. The molecule has 0 aliphatic carbocycles. The van der Waals surface area contributed by atoms with Crippen molar-refractivity contribution < 1.29 is 26.4 Å². The summed E-state index contributed by atoms with van der Waals surface area (Å²) in [4.78, 5) is 12.9. The van der Waals surface area contributed by atoms with Crippen molar-refractivity contribution in [3.05, 3.63) is 45.4 Å². The van der Waals surface area contributed by atoms with Gasteiger partial charge >= 0.3 is 0 Å². The minimum Gasteiger partial charge on any atom is -0.495 e. The van der Waals surface area contributed by atoms with Crippen molar-refractivity contribution in [3.63, 3.8) is 0 Å². The second-order valence-corrected chi connectivity index (χ2v) is 12.9. The van der Waals surface area contributed by atoms with E-state index in [0.29, 0.717) is 13.1 Å². The number of ether oxygens (including phenoxy) is 1. The topological polar surface area (TPSA) is 113 Å². The number of hydrogen-bond donors (Lipinski definition) is 1. The van der Waals surface area contributed by atoms with E-state index in [9.17, 15) is 21.6 Å². The summed E-state index contributed by atoms with van der Waals surface area (Å²) in [5, 5.41) is 2.69. The van der Waals surface area contributed by atoms with Gasteiger partial charge in [-0.1, -0.05) is 41.2 Å². The first-order valence-corrected chi connectivity index (χ1v) is 14.9. The van der Waals surface area contributed by atoms with Gasteiger partial charge in [-0.15, -0.1) is 0 Å². The highest BCUT2D eigenvalue weighted by Gasteiger charge is 2.28. The van der Waals surface area contributed by atoms with Crippen LogP contribution in [0.5, 0.6) is 5.75 Å². The fourth-order valence-electron chi connectivity index (χ4n) is 3.60. The van der Waals surface area contributed by atoms with Gasteiger partial charge in [-0.3, -0.25) is 9.10 Å². The standard InChI is InChI=1S/C21H24Cl3N3O6S2/c1-33-20-7-6-14(35(31,32)26-8-4-3-5-9-26)10-18(20)25-21(28)13-27(34(2,29)30)19-12-16(23)15(22)11-17(19)24/h6-7,10-12H,3-5,8-9,13H2,1-2H3,(H,25,28). The molecule has 35 heavy (non-hydrogen) atoms. The van der Waals surface area contributed by atoms with E-state index in [2.05, 4.69) is 5.32 Å². The molecule has 0 aromatic heterocycles. The van der Waals surface area contributed by atoms with Crippen LogP contribution in [-0.2, 0) is 24.8 Å². The molecule has 3 rings (SSSR count). The maximum atomic E-state index is 13.1. The molecule has 2 aromatic rings. The van der Waals surface area contributed by atoms with E-state index >= 15 is 0 Å². The smallest absolute Gasteiger partial charge is 0.245 e. The van der Waals surface area contributed by atoms with Gasteiger partial charge in [0.25, 0.3) is 0 Å². The van der Waals surface area contributed by atoms with Crippen LogP contribution in [-0.4, -0.2) is 60.0 Å². The predicted octanol–water partition coefficient (Wildman–Crippen LogP) is 4.23. The SMILES string of the molecule is COc1ccc(S(=O)(=O)N2CCCCC2)cc1NC(=O)CN(c1cc(Cl)c(Cl)cc1Cl)S(C)(=O)=O. The number of amides is 1. The molecule has 1 fully saturated rings. The fourth-order valence-corrected chi connectivity index (χ4v) is 6.70. The Balaban J connectivity index is 1.90. The minimum absolute atomic E-state index is 0.0111. The number of rotatable bonds is 8. The zero-order valence-electron chi connectivity index (χ0n) is 18.9. The number of methoxy groups -OCH3 is 1. The lowest BCUT2D eigenvalue weighted by Crippen LogP contribution is -2.38. The zero-order valence-corrected chi connectivity index (χ0v) is 22.8. The molecule has 1 aliphatic rings. The number of hydrogen-bond acceptors (Lipinski definition) is 6. The van der Waals surface area contributed by atoms with Gasteiger partial charge in [0, 0.05) is 13.1 Å². The second-order valence-electron chi connectivity index (χ2n) is 7.86. The van der Waals surface area contributed by atoms with Crippen LogP contribution < -0.4 is 14.4 Å². The summed E-state index contributed by atoms with van der Waals surface area (Å²) >= 11 is 18.1. The number of sulfonamides is 2. The maximum Gasteiger partial charge on any atom is 0.245 e. The van der Waals surface area contributed by atoms with E-state index in [0.717, 1.165) is 29.8 Å². The molecule has 2 aromatic carbocycles. The Morgan fingerprint density at radius 3 is 2.23 bits per heavy atom. The number of halogens is 3. The van der Waals surface area contributed by atoms with Crippen LogP contribution in [0, 0.1) is 0 Å². The number of nitrogens with one attached hydrogen (secondary N) is 1. The summed E-state index contributed by atoms with van der Waals surface area (Å²) in [7, 11) is -6.38. The summed E-state index contributed by atoms with van der Waals surface area (Å²) in [6.45, 7) is 0.177. The first-order valence-electron chi connectivity index (χ1n) is 10.4. The van der Waals surface area contributed by atoms with Gasteiger partial charge in [0.15, 0.2) is 0 Å². The number of anilines is 2. The van der Waals surface area contributed by atoms with E-state index in [4.69, 9.17) is 39.5 Å². The molecule has 0 saturated carbocycles. The molecule has 0 unspecified atom stereocenters. The molecule has 14 heteroatoms. The average molecular weight is 585 g/mol. The molecule has 0 spiro atoms. The van der Waals surface area contributed by atoms with E-state index < -0.39 is 32.5 Å².